The number of primary amides is 1. The highest BCUT2D eigenvalue weighted by Gasteiger charge is 2.38. The van der Waals surface area contributed by atoms with Crippen molar-refractivity contribution in [3.05, 3.63) is 71.4 Å². The molecule has 35 heavy (non-hydrogen) atoms. The van der Waals surface area contributed by atoms with E-state index in [0.29, 0.717) is 30.6 Å². The number of carbonyl (C=O) groups excluding carboxylic acids is 1. The summed E-state index contributed by atoms with van der Waals surface area (Å²) in [6.07, 6.45) is 6.14. The van der Waals surface area contributed by atoms with Crippen LogP contribution >= 0.6 is 0 Å². The van der Waals surface area contributed by atoms with Gasteiger partial charge in [-0.15, -0.1) is 0 Å². The zero-order chi connectivity index (χ0) is 24.8. The monoisotopic (exact) mass is 472 g/mol. The summed E-state index contributed by atoms with van der Waals surface area (Å²) >= 11 is 0. The second-order valence-corrected chi connectivity index (χ2v) is 8.72. The summed E-state index contributed by atoms with van der Waals surface area (Å²) in [5.41, 5.74) is 7.29. The van der Waals surface area contributed by atoms with Crippen LogP contribution in [0.15, 0.2) is 48.8 Å². The molecule has 178 valence electrons. The second kappa shape index (κ2) is 10.3. The Kier molecular flexibility index (Phi) is 7.04. The van der Waals surface area contributed by atoms with Crippen molar-refractivity contribution < 1.29 is 9.18 Å². The number of rotatable bonds is 8. The van der Waals surface area contributed by atoms with Crippen LogP contribution in [-0.4, -0.2) is 26.7 Å². The summed E-state index contributed by atoms with van der Waals surface area (Å²) in [5, 5.41) is 29.6. The van der Waals surface area contributed by atoms with Gasteiger partial charge in [0.1, 0.15) is 5.56 Å². The number of aromatic nitrogens is 3. The molecule has 1 fully saturated rings. The number of nitriles is 2. The number of pyridine rings is 1. The van der Waals surface area contributed by atoms with Gasteiger partial charge in [-0.05, 0) is 49.4 Å². The third-order valence-electron chi connectivity index (χ3n) is 6.46. The van der Waals surface area contributed by atoms with Crippen molar-refractivity contribution in [2.45, 2.75) is 50.2 Å². The molecule has 0 aliphatic heterocycles. The molecule has 2 heterocycles. The van der Waals surface area contributed by atoms with Crippen LogP contribution in [0.1, 0.15) is 53.6 Å². The van der Waals surface area contributed by atoms with Gasteiger partial charge in [0.15, 0.2) is 5.82 Å². The summed E-state index contributed by atoms with van der Waals surface area (Å²) in [4.78, 5) is 15.6. The molecule has 0 unspecified atom stereocenters. The first-order valence-corrected chi connectivity index (χ1v) is 11.3. The van der Waals surface area contributed by atoms with Gasteiger partial charge in [0, 0.05) is 36.7 Å². The van der Waals surface area contributed by atoms with E-state index < -0.39 is 17.4 Å². The normalized spacial score (nSPS) is 19.5. The van der Waals surface area contributed by atoms with Crippen LogP contribution in [0.2, 0.25) is 0 Å². The molecule has 4 N–H and O–H groups in total. The van der Waals surface area contributed by atoms with Crippen molar-refractivity contribution in [1.29, 1.82) is 10.5 Å². The lowest BCUT2D eigenvalue weighted by Crippen LogP contribution is -2.43. The Hall–Kier alpha value is -4.28. The largest absolute Gasteiger partial charge is 0.365 e. The number of nitrogens with zero attached hydrogens (tertiary/aromatic N) is 5. The van der Waals surface area contributed by atoms with E-state index in [1.54, 1.807) is 29.1 Å². The van der Waals surface area contributed by atoms with Crippen LogP contribution in [-0.2, 0) is 12.1 Å². The van der Waals surface area contributed by atoms with Crippen LogP contribution in [0.25, 0.3) is 0 Å². The van der Waals surface area contributed by atoms with Crippen molar-refractivity contribution in [3.8, 4) is 12.1 Å². The first-order valence-electron chi connectivity index (χ1n) is 11.3. The van der Waals surface area contributed by atoms with Crippen molar-refractivity contribution in [1.82, 2.24) is 20.1 Å². The van der Waals surface area contributed by atoms with E-state index >= 15 is 0 Å². The molecule has 1 aliphatic carbocycles. The van der Waals surface area contributed by atoms with Crippen LogP contribution in [0, 0.1) is 28.6 Å². The Balaban J connectivity index is 1.48. The predicted octanol–water partition coefficient (Wildman–Crippen LogP) is 3.47. The average molecular weight is 473 g/mol. The lowest BCUT2D eigenvalue weighted by Gasteiger charge is -2.39. The number of benzene rings is 1. The van der Waals surface area contributed by atoms with Gasteiger partial charge >= 0.3 is 0 Å². The zero-order valence-corrected chi connectivity index (χ0v) is 19.0. The SMILES string of the molecule is N#CCC1(n2cc(C(N)=O)c(Nc3ccnc(F)c3)n2)CCC(NCc2ccc(C#N)cc2)CC1. The molecule has 0 saturated heterocycles. The third kappa shape index (κ3) is 5.45. The molecule has 0 spiro atoms. The highest BCUT2D eigenvalue weighted by molar-refractivity contribution is 5.98. The summed E-state index contributed by atoms with van der Waals surface area (Å²) in [5.74, 6) is -1.12. The van der Waals surface area contributed by atoms with Crippen LogP contribution in [0.4, 0.5) is 15.9 Å². The number of hydrogen-bond acceptors (Lipinski definition) is 7. The van der Waals surface area contributed by atoms with Gasteiger partial charge in [-0.1, -0.05) is 12.1 Å². The molecule has 3 aromatic rings. The highest BCUT2D eigenvalue weighted by atomic mass is 19.1. The minimum atomic E-state index is -0.668. The van der Waals surface area contributed by atoms with E-state index in [1.807, 2.05) is 12.1 Å². The molecule has 1 saturated carbocycles. The van der Waals surface area contributed by atoms with E-state index in [9.17, 15) is 14.4 Å². The van der Waals surface area contributed by atoms with Gasteiger partial charge in [0.05, 0.1) is 29.7 Å². The molecule has 1 aromatic carbocycles. The minimum absolute atomic E-state index is 0.167. The summed E-state index contributed by atoms with van der Waals surface area (Å²) in [7, 11) is 0. The van der Waals surface area contributed by atoms with Crippen molar-refractivity contribution in [2.75, 3.05) is 5.32 Å². The smallest absolute Gasteiger partial charge is 0.254 e. The van der Waals surface area contributed by atoms with Gasteiger partial charge in [-0.2, -0.15) is 20.0 Å². The van der Waals surface area contributed by atoms with Gasteiger partial charge in [0.2, 0.25) is 5.95 Å². The fraction of sp³-hybridized carbons (Fsp3) is 0.320. The Morgan fingerprint density at radius 2 is 1.97 bits per heavy atom. The van der Waals surface area contributed by atoms with Crippen molar-refractivity contribution in [2.24, 2.45) is 5.73 Å². The van der Waals surface area contributed by atoms with E-state index in [0.717, 1.165) is 18.4 Å². The van der Waals surface area contributed by atoms with E-state index in [2.05, 4.69) is 32.9 Å². The Labute approximate surface area is 202 Å². The van der Waals surface area contributed by atoms with Crippen LogP contribution in [0.5, 0.6) is 0 Å². The van der Waals surface area contributed by atoms with Gasteiger partial charge in [-0.3, -0.25) is 9.48 Å². The molecule has 1 aliphatic rings. The predicted molar refractivity (Wildman–Crippen MR) is 127 cm³/mol. The topological polar surface area (TPSA) is 145 Å². The van der Waals surface area contributed by atoms with Gasteiger partial charge < -0.3 is 16.4 Å². The standard InChI is InChI=1S/C25H25FN8O/c26-22-13-20(7-12-30-22)32-24-21(23(29)35)16-34(33-24)25(10-11-27)8-5-19(6-9-25)31-15-18-3-1-17(14-28)2-4-18/h1-4,7,12-13,16,19,31H,5-6,8-10,15H2,(H2,29,35)(H,30,32,33). The number of hydrogen-bond donors (Lipinski definition) is 3. The Morgan fingerprint density at radius 1 is 1.23 bits per heavy atom. The molecule has 9 nitrogen and oxygen atoms in total. The number of amides is 1. The quantitative estimate of drug-likeness (QED) is 0.426. The Bertz CT molecular complexity index is 1280. The van der Waals surface area contributed by atoms with Gasteiger partial charge in [0.25, 0.3) is 5.91 Å². The van der Waals surface area contributed by atoms with E-state index in [1.165, 1.54) is 12.3 Å². The third-order valence-corrected chi connectivity index (χ3v) is 6.46. The molecule has 0 bridgehead atoms. The molecule has 0 radical (unpaired) electrons. The zero-order valence-electron chi connectivity index (χ0n) is 19.0. The van der Waals surface area contributed by atoms with Crippen LogP contribution in [0.3, 0.4) is 0 Å². The number of nitrogens with two attached hydrogens (primary N) is 1. The molecule has 1 amide bonds. The maximum absolute atomic E-state index is 13.5. The summed E-state index contributed by atoms with van der Waals surface area (Å²) in [6.45, 7) is 0.686. The minimum Gasteiger partial charge on any atom is -0.365 e. The lowest BCUT2D eigenvalue weighted by atomic mass is 9.77. The Morgan fingerprint density at radius 3 is 2.60 bits per heavy atom. The first-order chi connectivity index (χ1) is 16.9. The van der Waals surface area contributed by atoms with Crippen LogP contribution < -0.4 is 16.4 Å². The van der Waals surface area contributed by atoms with E-state index in [-0.39, 0.29) is 23.8 Å². The average Bonchev–Trinajstić information content (AvgIpc) is 3.29. The number of halogens is 1. The van der Waals surface area contributed by atoms with E-state index in [4.69, 9.17) is 11.0 Å². The number of anilines is 2. The van der Waals surface area contributed by atoms with Crippen molar-refractivity contribution >= 4 is 17.4 Å². The number of carbonyl (C=O) groups is 1. The molecule has 4 rings (SSSR count). The summed E-state index contributed by atoms with van der Waals surface area (Å²) < 4.78 is 15.2. The maximum Gasteiger partial charge on any atom is 0.254 e. The fourth-order valence-corrected chi connectivity index (χ4v) is 4.46. The summed E-state index contributed by atoms with van der Waals surface area (Å²) in [6, 6.07) is 14.9. The lowest BCUT2D eigenvalue weighted by molar-refractivity contribution is 0.1000. The maximum atomic E-state index is 13.5. The molecular weight excluding hydrogens is 447 g/mol. The van der Waals surface area contributed by atoms with Gasteiger partial charge in [-0.25, -0.2) is 4.98 Å². The second-order valence-electron chi connectivity index (χ2n) is 8.72. The highest BCUT2D eigenvalue weighted by Crippen LogP contribution is 2.39. The molecule has 10 heteroatoms. The number of nitrogens with one attached hydrogen (secondary N) is 2. The van der Waals surface area contributed by atoms with Crippen molar-refractivity contribution in [3.63, 3.8) is 0 Å². The molecular formula is C25H25FN8O. The molecule has 2 aromatic heterocycles. The first kappa shape index (κ1) is 23.9. The molecule has 0 atom stereocenters. The fourth-order valence-electron chi connectivity index (χ4n) is 4.46.